The van der Waals surface area contributed by atoms with Crippen LogP contribution >= 0.6 is 0 Å². The van der Waals surface area contributed by atoms with Gasteiger partial charge >= 0.3 is 11.7 Å². The van der Waals surface area contributed by atoms with Crippen LogP contribution in [0.25, 0.3) is 0 Å². The van der Waals surface area contributed by atoms with Gasteiger partial charge in [-0.25, -0.2) is 4.79 Å². The van der Waals surface area contributed by atoms with E-state index in [9.17, 15) is 19.2 Å². The first-order valence-electron chi connectivity index (χ1n) is 21.6. The highest BCUT2D eigenvalue weighted by atomic mass is 16.6. The molecule has 11 nitrogen and oxygen atoms in total. The van der Waals surface area contributed by atoms with E-state index >= 15 is 0 Å². The molecule has 0 bridgehead atoms. The van der Waals surface area contributed by atoms with Gasteiger partial charge in [-0.05, 0) is 126 Å². The second-order valence-electron chi connectivity index (χ2n) is 13.3. The fraction of sp³-hybridized carbons (Fsp3) is 0.152. The summed E-state index contributed by atoms with van der Waals surface area (Å²) in [5, 5.41) is 2.74. The number of aromatic nitrogens is 2. The van der Waals surface area contributed by atoms with E-state index in [-0.39, 0.29) is 37.3 Å². The van der Waals surface area contributed by atoms with Crippen LogP contribution in [0.2, 0.25) is 0 Å². The summed E-state index contributed by atoms with van der Waals surface area (Å²) in [7, 11) is 0. The highest BCUT2D eigenvalue weighted by Crippen LogP contribution is 2.32. The molecule has 0 spiro atoms. The van der Waals surface area contributed by atoms with Crippen LogP contribution in [0.15, 0.2) is 34.0 Å². The Morgan fingerprint density at radius 1 is 0.584 bits per heavy atom. The number of H-pyrrole nitrogens is 1. The zero-order chi connectivity index (χ0) is 55.2. The first-order chi connectivity index (χ1) is 37.7. The number of terminal acetylenes is 2. The zero-order valence-corrected chi connectivity index (χ0v) is 40.4. The van der Waals surface area contributed by atoms with Gasteiger partial charge in [0.25, 0.3) is 5.56 Å². The Morgan fingerprint density at radius 3 is 1.34 bits per heavy atom. The van der Waals surface area contributed by atoms with Crippen LogP contribution in [-0.2, 0) is 25.6 Å². The lowest BCUT2D eigenvalue weighted by atomic mass is 10.1. The lowest BCUT2D eigenvalue weighted by molar-refractivity contribution is -0.153. The molecule has 0 saturated carbocycles. The van der Waals surface area contributed by atoms with E-state index in [1.807, 2.05) is 6.92 Å². The molecule has 77 heavy (non-hydrogen) atoms. The third-order valence-corrected chi connectivity index (χ3v) is 8.14. The molecule has 1 aromatic carbocycles. The number of amides is 1. The third-order valence-electron chi connectivity index (χ3n) is 8.14. The predicted molar refractivity (Wildman–Crippen MR) is 287 cm³/mol. The van der Waals surface area contributed by atoms with Crippen molar-refractivity contribution in [3.63, 3.8) is 0 Å². The van der Waals surface area contributed by atoms with Crippen LogP contribution in [0.4, 0.5) is 0 Å². The Morgan fingerprint density at radius 2 is 0.961 bits per heavy atom. The monoisotopic (exact) mass is 989 g/mol. The van der Waals surface area contributed by atoms with Crippen molar-refractivity contribution in [2.45, 2.75) is 64.5 Å². The molecule has 11 heteroatoms. The molecule has 0 aliphatic carbocycles. The minimum absolute atomic E-state index is 0.0115. The molecule has 3 unspecified atom stereocenters. The van der Waals surface area contributed by atoms with Gasteiger partial charge in [0.2, 0.25) is 5.91 Å². The highest BCUT2D eigenvalue weighted by Gasteiger charge is 2.38. The summed E-state index contributed by atoms with van der Waals surface area (Å²) in [5.74, 6) is 97.6. The Balaban J connectivity index is 1.64. The number of nitrogens with zero attached hydrogens (tertiary/aromatic N) is 1. The van der Waals surface area contributed by atoms with Crippen LogP contribution in [0, 0.1) is 269 Å². The Bertz CT molecular complexity index is 4090. The Kier molecular flexibility index (Phi) is 28.3. The second kappa shape index (κ2) is 37.6. The number of carbonyl (C=O) groups excluding carboxylic acids is 2. The Labute approximate surface area is 447 Å². The van der Waals surface area contributed by atoms with Crippen molar-refractivity contribution in [3.8, 4) is 273 Å². The molecule has 1 aromatic heterocycles. The summed E-state index contributed by atoms with van der Waals surface area (Å²) >= 11 is 0. The lowest BCUT2D eigenvalue weighted by Gasteiger charge is -2.17. The maximum absolute atomic E-state index is 12.9. The molecule has 1 aliphatic rings. The van der Waals surface area contributed by atoms with Gasteiger partial charge in [0, 0.05) is 179 Å². The van der Waals surface area contributed by atoms with Crippen LogP contribution in [0.3, 0.4) is 0 Å². The molecule has 3 rings (SSSR count). The van der Waals surface area contributed by atoms with Crippen molar-refractivity contribution in [3.05, 3.63) is 56.4 Å². The average Bonchev–Trinajstić information content (AvgIpc) is 3.84. The summed E-state index contributed by atoms with van der Waals surface area (Å²) in [6.07, 6.45) is 14.5. The molecule has 354 valence electrons. The maximum atomic E-state index is 12.9. The van der Waals surface area contributed by atoms with E-state index in [4.69, 9.17) is 31.8 Å². The number of aromatic amines is 1. The van der Waals surface area contributed by atoms with Gasteiger partial charge in [-0.2, -0.15) is 0 Å². The largest absolute Gasteiger partial charge is 0.459 e. The molecule has 1 aliphatic heterocycles. The van der Waals surface area contributed by atoms with Crippen molar-refractivity contribution in [1.29, 1.82) is 0 Å². The molecule has 1 saturated heterocycles. The van der Waals surface area contributed by atoms with Gasteiger partial charge in [0.15, 0.2) is 0 Å². The first-order valence-corrected chi connectivity index (χ1v) is 21.6. The Hall–Kier alpha value is -13.3. The lowest BCUT2D eigenvalue weighted by Crippen LogP contribution is -2.33. The van der Waals surface area contributed by atoms with Crippen LogP contribution in [0.5, 0.6) is 11.5 Å². The van der Waals surface area contributed by atoms with Gasteiger partial charge < -0.3 is 24.3 Å². The number of hydrogen-bond acceptors (Lipinski definition) is 8. The number of nitrogens with one attached hydrogen (secondary N) is 2. The molecule has 0 radical (unpaired) electrons. The number of aryl methyl sites for hydroxylation is 1. The van der Waals surface area contributed by atoms with E-state index in [0.29, 0.717) is 17.5 Å². The van der Waals surface area contributed by atoms with Crippen LogP contribution in [-0.4, -0.2) is 33.6 Å². The topological polar surface area (TPSA) is 138 Å². The van der Waals surface area contributed by atoms with Gasteiger partial charge in [-0.15, -0.1) is 12.8 Å². The highest BCUT2D eigenvalue weighted by molar-refractivity contribution is 5.81. The van der Waals surface area contributed by atoms with Gasteiger partial charge in [-0.1, -0.05) is 6.92 Å². The SMILES string of the molecule is C#CC#CC#CC#CC#CC#CC#CC#CC#CC#CC#COc1cc(CNC(=O)CCC(=O)OC2CC(n3cc(C)c(=O)[nH]c3=O)OC2CC)cc(OC#CC#CC#CC#CC#CC#CC#CC#CC#CC#CC#C)c1. The van der Waals surface area contributed by atoms with E-state index in [2.05, 4.69) is 259 Å². The van der Waals surface area contributed by atoms with Crippen molar-refractivity contribution >= 4 is 11.9 Å². The molecule has 3 atom stereocenters. The predicted octanol–water partition coefficient (Wildman–Crippen LogP) is 1.56. The second-order valence-corrected chi connectivity index (χ2v) is 13.3. The fourth-order valence-electron chi connectivity index (χ4n) is 5.10. The van der Waals surface area contributed by atoms with E-state index in [0.717, 1.165) is 0 Å². The van der Waals surface area contributed by atoms with Crippen molar-refractivity contribution in [2.75, 3.05) is 0 Å². The summed E-state index contributed by atoms with van der Waals surface area (Å²) < 4.78 is 24.0. The number of carbonyl (C=O) groups is 2. The normalized spacial score (nSPS) is 10.9. The number of hydrogen-bond donors (Lipinski definition) is 2. The van der Waals surface area contributed by atoms with Crippen molar-refractivity contribution < 1.29 is 28.5 Å². The number of rotatable bonds is 10. The standard InChI is InChI=1S/C66H27N3O8/c1-5-8-10-12-14-16-18-20-22-24-26-28-30-32-34-36-38-40-42-44-48-74-58-50-57(51-59(52-58)75-49-45-43-41-39-37-35-33-31-29-27-25-23-21-19-17-15-13-11-9-6-2)54-67-62(70)46-47-64(71)77-61-53-63(76-60(61)7-3)69-55-56(4)65(72)68-66(69)73/h1-2,50-52,55,60-61,63H,7,46-47,53-54H2,3-4H3,(H,67,70)(H,68,72,73). The molecule has 2 aromatic rings. The quantitative estimate of drug-likeness (QED) is 0.271. The molecular formula is C66H27N3O8. The van der Waals surface area contributed by atoms with E-state index < -0.39 is 41.6 Å². The van der Waals surface area contributed by atoms with Gasteiger partial charge in [0.05, 0.1) is 12.5 Å². The molecular weight excluding hydrogens is 963 g/mol. The van der Waals surface area contributed by atoms with E-state index in [1.54, 1.807) is 19.1 Å². The minimum Gasteiger partial charge on any atom is -0.459 e. The maximum Gasteiger partial charge on any atom is 0.330 e. The number of ether oxygens (including phenoxy) is 4. The number of benzene rings is 1. The summed E-state index contributed by atoms with van der Waals surface area (Å²) in [6.45, 7) is 3.39. The van der Waals surface area contributed by atoms with Gasteiger partial charge in [-0.3, -0.25) is 23.9 Å². The van der Waals surface area contributed by atoms with Crippen LogP contribution in [0.1, 0.15) is 50.0 Å². The minimum atomic E-state index is -0.756. The number of esters is 1. The molecule has 1 amide bonds. The molecule has 2 N–H and O–H groups in total. The van der Waals surface area contributed by atoms with Gasteiger partial charge in [0.1, 0.15) is 36.0 Å². The average molecular weight is 990 g/mol. The smallest absolute Gasteiger partial charge is 0.330 e. The third kappa shape index (κ3) is 26.9. The fourth-order valence-corrected chi connectivity index (χ4v) is 5.10. The summed E-state index contributed by atoms with van der Waals surface area (Å²) in [6, 6.07) is 4.66. The van der Waals surface area contributed by atoms with E-state index in [1.165, 1.54) is 16.8 Å². The zero-order valence-electron chi connectivity index (χ0n) is 40.4. The first kappa shape index (κ1) is 58.0. The summed E-state index contributed by atoms with van der Waals surface area (Å²) in [5.41, 5.74) is -0.313. The molecule has 1 fully saturated rings. The van der Waals surface area contributed by atoms with Crippen molar-refractivity contribution in [1.82, 2.24) is 14.9 Å². The van der Waals surface area contributed by atoms with Crippen molar-refractivity contribution in [2.24, 2.45) is 0 Å². The summed E-state index contributed by atoms with van der Waals surface area (Å²) in [4.78, 5) is 52.3. The molecule has 2 heterocycles. The van der Waals surface area contributed by atoms with Crippen LogP contribution < -0.4 is 26.0 Å².